The van der Waals surface area contributed by atoms with E-state index in [1.54, 1.807) is 0 Å². The third-order valence-corrected chi connectivity index (χ3v) is 10.1. The van der Waals surface area contributed by atoms with E-state index in [1.807, 2.05) is 0 Å². The lowest BCUT2D eigenvalue weighted by Gasteiger charge is -2.16. The van der Waals surface area contributed by atoms with Crippen LogP contribution in [0.3, 0.4) is 0 Å². The monoisotopic (exact) mass is 636 g/mol. The van der Waals surface area contributed by atoms with Crippen molar-refractivity contribution in [2.24, 2.45) is 0 Å². The molecule has 0 fully saturated rings. The van der Waals surface area contributed by atoms with E-state index >= 15 is 0 Å². The second kappa shape index (κ2) is 11.5. The van der Waals surface area contributed by atoms with Gasteiger partial charge in [-0.25, -0.2) is 0 Å². The van der Waals surface area contributed by atoms with Crippen LogP contribution in [0.5, 0.6) is 0 Å². The molecule has 0 atom stereocenters. The van der Waals surface area contributed by atoms with Gasteiger partial charge >= 0.3 is 0 Å². The van der Waals surface area contributed by atoms with Crippen LogP contribution in [0.2, 0.25) is 0 Å². The van der Waals surface area contributed by atoms with Crippen LogP contribution in [-0.4, -0.2) is 9.13 Å². The molecule has 0 aliphatic rings. The summed E-state index contributed by atoms with van der Waals surface area (Å²) in [7, 11) is 0. The van der Waals surface area contributed by atoms with Crippen molar-refractivity contribution in [2.75, 3.05) is 0 Å². The zero-order valence-corrected chi connectivity index (χ0v) is 27.4. The van der Waals surface area contributed by atoms with E-state index in [1.165, 1.54) is 77.0 Å². The van der Waals surface area contributed by atoms with Gasteiger partial charge in [0, 0.05) is 32.9 Å². The number of hydrogen-bond acceptors (Lipinski definition) is 0. The van der Waals surface area contributed by atoms with Gasteiger partial charge in [0.25, 0.3) is 0 Å². The van der Waals surface area contributed by atoms with Gasteiger partial charge in [-0.2, -0.15) is 0 Å². The molecule has 2 heteroatoms. The Morgan fingerprint density at radius 2 is 0.580 bits per heavy atom. The Bertz CT molecular complexity index is 2660. The molecule has 2 heterocycles. The SMILES string of the molecule is c1ccc(-n2c3ccccc3c3ccc(-c4ccccc4-c4ccccc4-c4ccc5c6ccccc6n(-c6ccccc6)c5c4)cc32)cc1. The maximum atomic E-state index is 2.39. The van der Waals surface area contributed by atoms with Crippen LogP contribution in [0, 0.1) is 0 Å². The van der Waals surface area contributed by atoms with Crippen LogP contribution >= 0.6 is 0 Å². The Hall–Kier alpha value is -6.64. The summed E-state index contributed by atoms with van der Waals surface area (Å²) < 4.78 is 4.79. The Labute approximate surface area is 290 Å². The Morgan fingerprint density at radius 3 is 1.02 bits per heavy atom. The highest BCUT2D eigenvalue weighted by atomic mass is 15.0. The zero-order valence-electron chi connectivity index (χ0n) is 27.4. The number of nitrogens with zero attached hydrogens (tertiary/aromatic N) is 2. The van der Waals surface area contributed by atoms with Gasteiger partial charge in [0.2, 0.25) is 0 Å². The van der Waals surface area contributed by atoms with Gasteiger partial charge in [0.15, 0.2) is 0 Å². The smallest absolute Gasteiger partial charge is 0.0547 e. The topological polar surface area (TPSA) is 9.86 Å². The van der Waals surface area contributed by atoms with Crippen molar-refractivity contribution >= 4 is 43.6 Å². The molecule has 10 rings (SSSR count). The molecule has 0 radical (unpaired) electrons. The van der Waals surface area contributed by atoms with Crippen LogP contribution in [0.25, 0.3) is 88.4 Å². The highest BCUT2D eigenvalue weighted by molar-refractivity contribution is 6.12. The maximum absolute atomic E-state index is 2.39. The van der Waals surface area contributed by atoms with Crippen molar-refractivity contribution in [3.63, 3.8) is 0 Å². The zero-order chi connectivity index (χ0) is 33.0. The molecule has 234 valence electrons. The molecule has 0 amide bonds. The summed E-state index contributed by atoms with van der Waals surface area (Å²) in [5, 5.41) is 5.04. The predicted octanol–water partition coefficient (Wildman–Crippen LogP) is 12.9. The Kier molecular flexibility index (Phi) is 6.53. The number of rotatable bonds is 5. The first-order valence-electron chi connectivity index (χ1n) is 17.2. The Balaban J connectivity index is 1.17. The summed E-state index contributed by atoms with van der Waals surface area (Å²) in [5.74, 6) is 0. The Morgan fingerprint density at radius 1 is 0.240 bits per heavy atom. The minimum atomic E-state index is 1.16. The summed E-state index contributed by atoms with van der Waals surface area (Å²) in [5.41, 5.74) is 14.4. The minimum Gasteiger partial charge on any atom is -0.309 e. The van der Waals surface area contributed by atoms with Crippen LogP contribution in [0.1, 0.15) is 0 Å². The second-order valence-electron chi connectivity index (χ2n) is 12.9. The fourth-order valence-electron chi connectivity index (χ4n) is 7.93. The molecular weight excluding hydrogens is 605 g/mol. The largest absolute Gasteiger partial charge is 0.309 e. The molecule has 0 N–H and O–H groups in total. The number of aromatic nitrogens is 2. The average molecular weight is 637 g/mol. The molecule has 8 aromatic carbocycles. The molecule has 50 heavy (non-hydrogen) atoms. The summed E-state index contributed by atoms with van der Waals surface area (Å²) in [6.45, 7) is 0. The van der Waals surface area contributed by atoms with Crippen molar-refractivity contribution in [1.82, 2.24) is 9.13 Å². The highest BCUT2D eigenvalue weighted by Crippen LogP contribution is 2.42. The van der Waals surface area contributed by atoms with Gasteiger partial charge in [0.05, 0.1) is 22.1 Å². The first kappa shape index (κ1) is 28.4. The number of benzene rings is 8. The third-order valence-electron chi connectivity index (χ3n) is 10.1. The molecule has 0 saturated carbocycles. The standard InChI is InChI=1S/C48H32N2/c1-3-15-35(16-4-1)49-45-25-13-11-23-41(45)43-29-27-33(31-47(43)49)37-19-7-9-21-39(37)40-22-10-8-20-38(40)34-28-30-44-42-24-12-14-26-46(42)50(48(44)32-34)36-17-5-2-6-18-36/h1-32H. The highest BCUT2D eigenvalue weighted by Gasteiger charge is 2.18. The molecule has 0 saturated heterocycles. The van der Waals surface area contributed by atoms with Crippen molar-refractivity contribution < 1.29 is 0 Å². The molecule has 2 nitrogen and oxygen atoms in total. The molecule has 2 aromatic heterocycles. The normalized spacial score (nSPS) is 11.6. The fraction of sp³-hybridized carbons (Fsp3) is 0. The van der Waals surface area contributed by atoms with Gasteiger partial charge in [0.1, 0.15) is 0 Å². The van der Waals surface area contributed by atoms with Gasteiger partial charge in [-0.05, 0) is 81.9 Å². The predicted molar refractivity (Wildman–Crippen MR) is 211 cm³/mol. The molecule has 0 aliphatic carbocycles. The average Bonchev–Trinajstić information content (AvgIpc) is 3.71. The minimum absolute atomic E-state index is 1.16. The summed E-state index contributed by atoms with van der Waals surface area (Å²) in [4.78, 5) is 0. The van der Waals surface area contributed by atoms with E-state index in [-0.39, 0.29) is 0 Å². The van der Waals surface area contributed by atoms with E-state index in [0.717, 1.165) is 11.4 Å². The summed E-state index contributed by atoms with van der Waals surface area (Å²) in [6, 6.07) is 70.4. The molecule has 0 bridgehead atoms. The molecule has 0 spiro atoms. The quantitative estimate of drug-likeness (QED) is 0.178. The lowest BCUT2D eigenvalue weighted by molar-refractivity contribution is 1.18. The maximum Gasteiger partial charge on any atom is 0.0547 e. The van der Waals surface area contributed by atoms with Gasteiger partial charge in [-0.1, -0.05) is 146 Å². The van der Waals surface area contributed by atoms with Gasteiger partial charge in [-0.15, -0.1) is 0 Å². The lowest BCUT2D eigenvalue weighted by atomic mass is 9.89. The van der Waals surface area contributed by atoms with Crippen molar-refractivity contribution in [3.8, 4) is 44.8 Å². The molecule has 10 aromatic rings. The number of hydrogen-bond donors (Lipinski definition) is 0. The summed E-state index contributed by atoms with van der Waals surface area (Å²) >= 11 is 0. The van der Waals surface area contributed by atoms with Crippen LogP contribution in [-0.2, 0) is 0 Å². The first-order valence-corrected chi connectivity index (χ1v) is 17.2. The van der Waals surface area contributed by atoms with E-state index in [0.29, 0.717) is 0 Å². The first-order chi connectivity index (χ1) is 24.8. The second-order valence-corrected chi connectivity index (χ2v) is 12.9. The van der Waals surface area contributed by atoms with Crippen LogP contribution in [0.4, 0.5) is 0 Å². The van der Waals surface area contributed by atoms with Crippen molar-refractivity contribution in [2.45, 2.75) is 0 Å². The van der Waals surface area contributed by atoms with Crippen molar-refractivity contribution in [1.29, 1.82) is 0 Å². The van der Waals surface area contributed by atoms with E-state index in [4.69, 9.17) is 0 Å². The van der Waals surface area contributed by atoms with E-state index in [2.05, 4.69) is 203 Å². The number of para-hydroxylation sites is 4. The third kappa shape index (κ3) is 4.43. The molecule has 0 aliphatic heterocycles. The fourth-order valence-corrected chi connectivity index (χ4v) is 7.93. The summed E-state index contributed by atoms with van der Waals surface area (Å²) in [6.07, 6.45) is 0. The van der Waals surface area contributed by atoms with Gasteiger partial charge < -0.3 is 9.13 Å². The van der Waals surface area contributed by atoms with Crippen molar-refractivity contribution in [3.05, 3.63) is 194 Å². The number of fused-ring (bicyclic) bond motifs is 6. The molecular formula is C48H32N2. The lowest BCUT2D eigenvalue weighted by Crippen LogP contribution is -1.94. The van der Waals surface area contributed by atoms with Gasteiger partial charge in [-0.3, -0.25) is 0 Å². The van der Waals surface area contributed by atoms with E-state index < -0.39 is 0 Å². The van der Waals surface area contributed by atoms with E-state index in [9.17, 15) is 0 Å². The molecule has 0 unspecified atom stereocenters. The van der Waals surface area contributed by atoms with Crippen LogP contribution < -0.4 is 0 Å². The van der Waals surface area contributed by atoms with Crippen LogP contribution in [0.15, 0.2) is 194 Å².